The van der Waals surface area contributed by atoms with Crippen LogP contribution in [0.2, 0.25) is 0 Å². The van der Waals surface area contributed by atoms with Crippen LogP contribution in [0.5, 0.6) is 0 Å². The maximum atomic E-state index is 13.1. The normalized spacial score (nSPS) is 10.6. The van der Waals surface area contributed by atoms with Crippen molar-refractivity contribution in [2.45, 2.75) is 30.1 Å². The molecular weight excluding hydrogens is 475 g/mol. The second-order valence-electron chi connectivity index (χ2n) is 7.05. The smallest absolute Gasteiger partial charge is 0.338 e. The van der Waals surface area contributed by atoms with Crippen molar-refractivity contribution >= 4 is 41.1 Å². The average molecular weight is 501 g/mol. The lowest BCUT2D eigenvalue weighted by Crippen LogP contribution is -2.15. The molecule has 0 fully saturated rings. The lowest BCUT2D eigenvalue weighted by Gasteiger charge is -2.09. The minimum absolute atomic E-state index is 0.150. The Morgan fingerprint density at radius 2 is 1.85 bits per heavy atom. The van der Waals surface area contributed by atoms with Gasteiger partial charge in [0.25, 0.3) is 0 Å². The van der Waals surface area contributed by atoms with Crippen molar-refractivity contribution in [2.75, 3.05) is 17.7 Å². The highest BCUT2D eigenvalue weighted by atomic mass is 32.2. The van der Waals surface area contributed by atoms with Gasteiger partial charge in [0, 0.05) is 18.0 Å². The maximum absolute atomic E-state index is 13.1. The highest BCUT2D eigenvalue weighted by Gasteiger charge is 2.14. The first-order chi connectivity index (χ1) is 16.5. The Morgan fingerprint density at radius 1 is 1.12 bits per heavy atom. The van der Waals surface area contributed by atoms with E-state index < -0.39 is 5.97 Å². The number of nitrogens with zero attached hydrogens (tertiary/aromatic N) is 3. The van der Waals surface area contributed by atoms with E-state index >= 15 is 0 Å². The fourth-order valence-corrected chi connectivity index (χ4v) is 4.61. The van der Waals surface area contributed by atoms with Crippen molar-refractivity contribution < 1.29 is 18.7 Å². The molecule has 1 N–H and O–H groups in total. The molecule has 1 aromatic heterocycles. The number of esters is 1. The van der Waals surface area contributed by atoms with E-state index in [1.807, 2.05) is 4.57 Å². The molecule has 0 spiro atoms. The van der Waals surface area contributed by atoms with Gasteiger partial charge in [-0.3, -0.25) is 4.79 Å². The molecule has 0 saturated heterocycles. The van der Waals surface area contributed by atoms with Gasteiger partial charge in [-0.15, -0.1) is 28.5 Å². The van der Waals surface area contributed by atoms with Gasteiger partial charge in [0.2, 0.25) is 5.91 Å². The van der Waals surface area contributed by atoms with Crippen molar-refractivity contribution in [3.63, 3.8) is 0 Å². The third-order valence-corrected chi connectivity index (χ3v) is 6.50. The molecule has 0 saturated carbocycles. The van der Waals surface area contributed by atoms with Gasteiger partial charge in [0.1, 0.15) is 11.6 Å². The largest absolute Gasteiger partial charge is 0.462 e. The van der Waals surface area contributed by atoms with Crippen LogP contribution < -0.4 is 5.32 Å². The number of nitrogens with one attached hydrogen (secondary N) is 1. The fraction of sp³-hybridized carbons (Fsp3) is 0.250. The molecule has 0 atom stereocenters. The number of carbonyl (C=O) groups excluding carboxylic acids is 2. The van der Waals surface area contributed by atoms with Crippen molar-refractivity contribution in [1.82, 2.24) is 14.8 Å². The molecule has 0 aliphatic heterocycles. The standard InChI is InChI=1S/C24H25FN4O3S2/c1-3-13-29-21(15-33-14-17-5-9-19(25)10-6-17)27-28-24(29)34-16-22(30)26-20-11-7-18(8-12-20)23(31)32-4-2/h3,5-12H,1,4,13-16H2,2H3,(H,26,30). The molecule has 1 amide bonds. The number of hydrogen-bond donors (Lipinski definition) is 1. The van der Waals surface area contributed by atoms with E-state index in [0.717, 1.165) is 17.1 Å². The topological polar surface area (TPSA) is 86.1 Å². The summed E-state index contributed by atoms with van der Waals surface area (Å²) in [5, 5.41) is 11.9. The number of ether oxygens (including phenoxy) is 1. The molecule has 0 unspecified atom stereocenters. The van der Waals surface area contributed by atoms with Crippen molar-refractivity contribution in [3.8, 4) is 0 Å². The minimum atomic E-state index is -0.399. The molecule has 0 aliphatic carbocycles. The molecule has 2 aromatic carbocycles. The number of hydrogen-bond acceptors (Lipinski definition) is 7. The third kappa shape index (κ3) is 7.46. The summed E-state index contributed by atoms with van der Waals surface area (Å²) in [6, 6.07) is 13.0. The molecule has 0 bridgehead atoms. The molecule has 34 heavy (non-hydrogen) atoms. The molecular formula is C24H25FN4O3S2. The van der Waals surface area contributed by atoms with Gasteiger partial charge in [-0.05, 0) is 48.9 Å². The number of benzene rings is 2. The first-order valence-electron chi connectivity index (χ1n) is 10.5. The van der Waals surface area contributed by atoms with Crippen LogP contribution >= 0.6 is 23.5 Å². The van der Waals surface area contributed by atoms with Crippen LogP contribution in [0.25, 0.3) is 0 Å². The zero-order valence-electron chi connectivity index (χ0n) is 18.7. The highest BCUT2D eigenvalue weighted by Crippen LogP contribution is 2.22. The van der Waals surface area contributed by atoms with E-state index in [4.69, 9.17) is 4.74 Å². The Hall–Kier alpha value is -3.11. The molecule has 1 heterocycles. The number of thioether (sulfide) groups is 2. The van der Waals surface area contributed by atoms with Crippen LogP contribution in [-0.2, 0) is 27.6 Å². The maximum Gasteiger partial charge on any atom is 0.338 e. The molecule has 3 aromatic rings. The van der Waals surface area contributed by atoms with Gasteiger partial charge in [-0.25, -0.2) is 9.18 Å². The van der Waals surface area contributed by atoms with Gasteiger partial charge in [-0.2, -0.15) is 0 Å². The second kappa shape index (κ2) is 13.0. The summed E-state index contributed by atoms with van der Waals surface area (Å²) in [4.78, 5) is 24.1. The first kappa shape index (κ1) is 25.5. The molecule has 178 valence electrons. The summed E-state index contributed by atoms with van der Waals surface area (Å²) in [6.45, 7) is 6.37. The number of amides is 1. The Balaban J connectivity index is 1.52. The molecule has 0 radical (unpaired) electrons. The Bertz CT molecular complexity index is 1120. The quantitative estimate of drug-likeness (QED) is 0.214. The molecule has 0 aliphatic rings. The first-order valence-corrected chi connectivity index (χ1v) is 12.7. The third-order valence-electron chi connectivity index (χ3n) is 4.53. The number of rotatable bonds is 12. The summed E-state index contributed by atoms with van der Waals surface area (Å²) in [7, 11) is 0. The molecule has 7 nitrogen and oxygen atoms in total. The summed E-state index contributed by atoms with van der Waals surface area (Å²) in [5.74, 6) is 1.43. The summed E-state index contributed by atoms with van der Waals surface area (Å²) in [6.07, 6.45) is 1.76. The lowest BCUT2D eigenvalue weighted by atomic mass is 10.2. The summed E-state index contributed by atoms with van der Waals surface area (Å²) >= 11 is 2.94. The monoisotopic (exact) mass is 500 g/mol. The lowest BCUT2D eigenvalue weighted by molar-refractivity contribution is -0.113. The number of anilines is 1. The second-order valence-corrected chi connectivity index (χ2v) is 8.98. The van der Waals surface area contributed by atoms with Crippen LogP contribution in [-0.4, -0.2) is 39.0 Å². The Morgan fingerprint density at radius 3 is 2.53 bits per heavy atom. The van der Waals surface area contributed by atoms with Gasteiger partial charge >= 0.3 is 5.97 Å². The van der Waals surface area contributed by atoms with Crippen LogP contribution in [0.3, 0.4) is 0 Å². The molecule has 10 heteroatoms. The Labute approximate surface area is 206 Å². The van der Waals surface area contributed by atoms with Crippen LogP contribution in [0, 0.1) is 5.82 Å². The van der Waals surface area contributed by atoms with Crippen molar-refractivity contribution in [2.24, 2.45) is 0 Å². The van der Waals surface area contributed by atoms with E-state index in [-0.39, 0.29) is 17.5 Å². The van der Waals surface area contributed by atoms with E-state index in [9.17, 15) is 14.0 Å². The zero-order chi connectivity index (χ0) is 24.3. The van der Waals surface area contributed by atoms with Gasteiger partial charge in [0.15, 0.2) is 5.16 Å². The SMILES string of the molecule is C=CCn1c(CSCc2ccc(F)cc2)nnc1SCC(=O)Nc1ccc(C(=O)OCC)cc1. The van der Waals surface area contributed by atoms with Crippen LogP contribution in [0.4, 0.5) is 10.1 Å². The zero-order valence-corrected chi connectivity index (χ0v) is 20.3. The van der Waals surface area contributed by atoms with Gasteiger partial charge < -0.3 is 14.6 Å². The number of aromatic nitrogens is 3. The predicted molar refractivity (Wildman–Crippen MR) is 133 cm³/mol. The number of halogens is 1. The number of carbonyl (C=O) groups is 2. The van der Waals surface area contributed by atoms with E-state index in [1.54, 1.807) is 61.2 Å². The van der Waals surface area contributed by atoms with Crippen LogP contribution in [0.1, 0.15) is 28.7 Å². The van der Waals surface area contributed by atoms with Gasteiger partial charge in [-0.1, -0.05) is 30.0 Å². The van der Waals surface area contributed by atoms with Crippen molar-refractivity contribution in [1.29, 1.82) is 0 Å². The van der Waals surface area contributed by atoms with E-state index in [1.165, 1.54) is 23.9 Å². The highest BCUT2D eigenvalue weighted by molar-refractivity contribution is 7.99. The van der Waals surface area contributed by atoms with Crippen molar-refractivity contribution in [3.05, 3.63) is 84.0 Å². The summed E-state index contributed by atoms with van der Waals surface area (Å²) < 4.78 is 19.9. The Kier molecular flexibility index (Phi) is 9.72. The molecule has 3 rings (SSSR count). The van der Waals surface area contributed by atoms with E-state index in [2.05, 4.69) is 22.1 Å². The van der Waals surface area contributed by atoms with E-state index in [0.29, 0.717) is 35.3 Å². The van der Waals surface area contributed by atoms with Gasteiger partial charge in [0.05, 0.1) is 23.7 Å². The predicted octanol–water partition coefficient (Wildman–Crippen LogP) is 4.94. The fourth-order valence-electron chi connectivity index (χ4n) is 2.92. The average Bonchev–Trinajstić information content (AvgIpc) is 3.21. The number of allylic oxidation sites excluding steroid dienone is 1. The minimum Gasteiger partial charge on any atom is -0.462 e. The van der Waals surface area contributed by atoms with Crippen LogP contribution in [0.15, 0.2) is 66.3 Å². The summed E-state index contributed by atoms with van der Waals surface area (Å²) in [5.41, 5.74) is 2.04.